The number of benzene rings is 2. The number of carboxylic acid groups (broad SMARTS) is 1. The smallest absolute Gasteiger partial charge is 0.407 e. The van der Waals surface area contributed by atoms with Crippen molar-refractivity contribution in [1.82, 2.24) is 10.2 Å². The number of alkyl carbamates (subject to hydrolysis) is 1. The van der Waals surface area contributed by atoms with E-state index in [0.717, 1.165) is 35.1 Å². The van der Waals surface area contributed by atoms with Gasteiger partial charge in [0.15, 0.2) is 0 Å². The lowest BCUT2D eigenvalue weighted by Crippen LogP contribution is -2.49. The summed E-state index contributed by atoms with van der Waals surface area (Å²) >= 11 is 0. The molecule has 0 aromatic heterocycles. The summed E-state index contributed by atoms with van der Waals surface area (Å²) in [6.45, 7) is 1.74. The average molecular weight is 422 g/mol. The number of carboxylic acids is 1. The molecule has 1 fully saturated rings. The third-order valence-corrected chi connectivity index (χ3v) is 5.86. The van der Waals surface area contributed by atoms with E-state index in [0.29, 0.717) is 12.5 Å². The number of fused-ring (bicyclic) bond motifs is 3. The zero-order valence-corrected chi connectivity index (χ0v) is 17.4. The molecule has 2 aromatic carbocycles. The Morgan fingerprint density at radius 3 is 2.19 bits per heavy atom. The van der Waals surface area contributed by atoms with Gasteiger partial charge in [-0.1, -0.05) is 48.5 Å². The Morgan fingerprint density at radius 1 is 1.06 bits per heavy atom. The van der Waals surface area contributed by atoms with Crippen LogP contribution >= 0.6 is 0 Å². The van der Waals surface area contributed by atoms with Crippen molar-refractivity contribution in [1.29, 1.82) is 0 Å². The van der Waals surface area contributed by atoms with Crippen LogP contribution in [-0.4, -0.2) is 53.7 Å². The molecule has 2 aliphatic carbocycles. The number of amides is 2. The van der Waals surface area contributed by atoms with E-state index in [1.807, 2.05) is 36.4 Å². The van der Waals surface area contributed by atoms with E-state index >= 15 is 0 Å². The van der Waals surface area contributed by atoms with Crippen LogP contribution in [0.5, 0.6) is 0 Å². The van der Waals surface area contributed by atoms with Crippen LogP contribution in [0.15, 0.2) is 48.5 Å². The van der Waals surface area contributed by atoms with Crippen LogP contribution in [0.4, 0.5) is 4.79 Å². The number of hydrogen-bond donors (Lipinski definition) is 2. The van der Waals surface area contributed by atoms with E-state index in [4.69, 9.17) is 9.84 Å². The molecule has 0 heterocycles. The number of carbonyl (C=O) groups is 3. The summed E-state index contributed by atoms with van der Waals surface area (Å²) in [4.78, 5) is 37.5. The van der Waals surface area contributed by atoms with Gasteiger partial charge in [-0.05, 0) is 47.9 Å². The SMILES string of the molecule is CC(NC(=O)OCC1c2ccccc2-c2ccccc21)C(=O)N(CC(=O)O)CC1CC1. The van der Waals surface area contributed by atoms with E-state index in [1.165, 1.54) is 4.90 Å². The Kier molecular flexibility index (Phi) is 5.93. The van der Waals surface area contributed by atoms with Gasteiger partial charge in [0.2, 0.25) is 5.91 Å². The third kappa shape index (κ3) is 4.71. The molecule has 0 saturated heterocycles. The standard InChI is InChI=1S/C24H26N2O5/c1-15(23(29)26(13-22(27)28)12-16-10-11-16)25-24(30)31-14-21-19-8-4-2-6-17(19)18-7-3-5-9-20(18)21/h2-9,15-16,21H,10-14H2,1H3,(H,25,30)(H,27,28). The predicted molar refractivity (Wildman–Crippen MR) is 115 cm³/mol. The maximum Gasteiger partial charge on any atom is 0.407 e. The van der Waals surface area contributed by atoms with Gasteiger partial charge in [-0.3, -0.25) is 9.59 Å². The normalized spacial score (nSPS) is 15.5. The number of ether oxygens (including phenoxy) is 1. The summed E-state index contributed by atoms with van der Waals surface area (Å²) in [5.41, 5.74) is 4.50. The predicted octanol–water partition coefficient (Wildman–Crippen LogP) is 3.24. The zero-order chi connectivity index (χ0) is 22.0. The molecule has 2 aromatic rings. The van der Waals surface area contributed by atoms with E-state index in [2.05, 4.69) is 17.4 Å². The molecule has 0 aliphatic heterocycles. The Bertz CT molecular complexity index is 955. The van der Waals surface area contributed by atoms with E-state index in [1.54, 1.807) is 6.92 Å². The molecule has 162 valence electrons. The fourth-order valence-corrected chi connectivity index (χ4v) is 4.16. The van der Waals surface area contributed by atoms with Gasteiger partial charge in [0.1, 0.15) is 19.2 Å². The number of hydrogen-bond acceptors (Lipinski definition) is 4. The molecule has 31 heavy (non-hydrogen) atoms. The molecule has 1 atom stereocenters. The lowest BCUT2D eigenvalue weighted by molar-refractivity contribution is -0.145. The minimum absolute atomic E-state index is 0.0671. The maximum atomic E-state index is 12.7. The lowest BCUT2D eigenvalue weighted by atomic mass is 9.98. The summed E-state index contributed by atoms with van der Waals surface area (Å²) in [7, 11) is 0. The van der Waals surface area contributed by atoms with Crippen LogP contribution in [0.3, 0.4) is 0 Å². The van der Waals surface area contributed by atoms with Gasteiger partial charge in [0.05, 0.1) is 0 Å². The first-order valence-electron chi connectivity index (χ1n) is 10.6. The van der Waals surface area contributed by atoms with Gasteiger partial charge in [0.25, 0.3) is 0 Å². The van der Waals surface area contributed by atoms with Crippen molar-refractivity contribution in [3.05, 3.63) is 59.7 Å². The van der Waals surface area contributed by atoms with Crippen LogP contribution in [0, 0.1) is 5.92 Å². The Labute approximate surface area is 181 Å². The van der Waals surface area contributed by atoms with Gasteiger partial charge in [-0.15, -0.1) is 0 Å². The average Bonchev–Trinajstić information content (AvgIpc) is 3.51. The number of nitrogens with zero attached hydrogens (tertiary/aromatic N) is 1. The number of nitrogens with one attached hydrogen (secondary N) is 1. The number of aliphatic carboxylic acids is 1. The molecule has 0 bridgehead atoms. The van der Waals surface area contributed by atoms with E-state index in [9.17, 15) is 14.4 Å². The van der Waals surface area contributed by atoms with Gasteiger partial charge < -0.3 is 20.1 Å². The van der Waals surface area contributed by atoms with Crippen LogP contribution in [0.2, 0.25) is 0 Å². The molecular weight excluding hydrogens is 396 g/mol. The molecule has 1 saturated carbocycles. The van der Waals surface area contributed by atoms with Crippen molar-refractivity contribution in [2.75, 3.05) is 19.7 Å². The first-order chi connectivity index (χ1) is 14.9. The molecule has 0 radical (unpaired) electrons. The van der Waals surface area contributed by atoms with E-state index in [-0.39, 0.29) is 19.1 Å². The van der Waals surface area contributed by atoms with Crippen molar-refractivity contribution < 1.29 is 24.2 Å². The van der Waals surface area contributed by atoms with Crippen molar-refractivity contribution in [3.63, 3.8) is 0 Å². The van der Waals surface area contributed by atoms with Gasteiger partial charge in [-0.25, -0.2) is 4.79 Å². The van der Waals surface area contributed by atoms with Gasteiger partial charge in [-0.2, -0.15) is 0 Å². The topological polar surface area (TPSA) is 95.9 Å². The maximum absolute atomic E-state index is 12.7. The van der Waals surface area contributed by atoms with Crippen molar-refractivity contribution in [2.45, 2.75) is 31.7 Å². The molecule has 2 N–H and O–H groups in total. The first-order valence-corrected chi connectivity index (χ1v) is 10.6. The fourth-order valence-electron chi connectivity index (χ4n) is 4.16. The summed E-state index contributed by atoms with van der Waals surface area (Å²) in [5, 5.41) is 11.6. The molecule has 7 heteroatoms. The highest BCUT2D eigenvalue weighted by atomic mass is 16.5. The Hall–Kier alpha value is -3.35. The summed E-state index contributed by atoms with van der Waals surface area (Å²) < 4.78 is 5.48. The van der Waals surface area contributed by atoms with Crippen molar-refractivity contribution >= 4 is 18.0 Å². The second-order valence-corrected chi connectivity index (χ2v) is 8.25. The van der Waals surface area contributed by atoms with Gasteiger partial charge in [0, 0.05) is 12.5 Å². The Morgan fingerprint density at radius 2 is 1.65 bits per heavy atom. The minimum Gasteiger partial charge on any atom is -0.480 e. The first kappa shape index (κ1) is 20.9. The molecular formula is C24H26N2O5. The van der Waals surface area contributed by atoms with Crippen LogP contribution in [0.25, 0.3) is 11.1 Å². The number of rotatable bonds is 8. The highest BCUT2D eigenvalue weighted by Gasteiger charge is 2.32. The Balaban J connectivity index is 1.37. The molecule has 7 nitrogen and oxygen atoms in total. The molecule has 2 amide bonds. The fraction of sp³-hybridized carbons (Fsp3) is 0.375. The highest BCUT2D eigenvalue weighted by molar-refractivity contribution is 5.88. The molecule has 4 rings (SSSR count). The molecule has 1 unspecified atom stereocenters. The van der Waals surface area contributed by atoms with E-state index < -0.39 is 24.0 Å². The lowest BCUT2D eigenvalue weighted by Gasteiger charge is -2.24. The van der Waals surface area contributed by atoms with Gasteiger partial charge >= 0.3 is 12.1 Å². The van der Waals surface area contributed by atoms with Crippen molar-refractivity contribution in [2.24, 2.45) is 5.92 Å². The number of carbonyl (C=O) groups excluding carboxylic acids is 2. The van der Waals surface area contributed by atoms with Crippen molar-refractivity contribution in [3.8, 4) is 11.1 Å². The van der Waals surface area contributed by atoms with Crippen LogP contribution in [0.1, 0.15) is 36.8 Å². The zero-order valence-electron chi connectivity index (χ0n) is 17.4. The largest absolute Gasteiger partial charge is 0.480 e. The molecule has 0 spiro atoms. The van der Waals surface area contributed by atoms with Crippen LogP contribution in [-0.2, 0) is 14.3 Å². The monoisotopic (exact) mass is 422 g/mol. The molecule has 2 aliphatic rings. The third-order valence-electron chi connectivity index (χ3n) is 5.86. The highest BCUT2D eigenvalue weighted by Crippen LogP contribution is 2.44. The second-order valence-electron chi connectivity index (χ2n) is 8.25. The quantitative estimate of drug-likeness (QED) is 0.681. The summed E-state index contributed by atoms with van der Waals surface area (Å²) in [5.74, 6) is -1.20. The summed E-state index contributed by atoms with van der Waals surface area (Å²) in [6, 6.07) is 15.2. The summed E-state index contributed by atoms with van der Waals surface area (Å²) in [6.07, 6.45) is 1.30. The van der Waals surface area contributed by atoms with Crippen LogP contribution < -0.4 is 5.32 Å². The minimum atomic E-state index is -1.07. The second kappa shape index (κ2) is 8.79.